The topological polar surface area (TPSA) is 198 Å². The van der Waals surface area contributed by atoms with Gasteiger partial charge in [0.15, 0.2) is 0 Å². The molecule has 3 aliphatic heterocycles. The van der Waals surface area contributed by atoms with Gasteiger partial charge in [0.05, 0.1) is 42.0 Å². The van der Waals surface area contributed by atoms with Gasteiger partial charge in [0, 0.05) is 25.4 Å². The van der Waals surface area contributed by atoms with Gasteiger partial charge in [-0.1, -0.05) is 37.1 Å². The SMILES string of the molecule is C=C[C@@H]1C[C@]1(NC(=O)[C@@H]1C[C@@H]2CN1C(=O)[C@H](C1CCCC1)NC(=O)N1CC[C@@H](C1)OCC=Cc1ccc3nc(OCC)nc(c3c1)O2)C(=O)NS(=O)(=O)C1CC1. The Hall–Kier alpha value is -4.77. The van der Waals surface area contributed by atoms with E-state index < -0.39 is 62.6 Å². The molecule has 2 saturated heterocycles. The van der Waals surface area contributed by atoms with Crippen molar-refractivity contribution < 1.29 is 41.8 Å². The number of urea groups is 1. The summed E-state index contributed by atoms with van der Waals surface area (Å²) in [4.78, 5) is 69.0. The van der Waals surface area contributed by atoms with Crippen LogP contribution in [0.4, 0.5) is 4.79 Å². The van der Waals surface area contributed by atoms with Crippen molar-refractivity contribution in [3.05, 3.63) is 42.5 Å². The van der Waals surface area contributed by atoms with Crippen molar-refractivity contribution in [3.63, 3.8) is 0 Å². The van der Waals surface area contributed by atoms with Gasteiger partial charge < -0.3 is 34.6 Å². The zero-order valence-corrected chi connectivity index (χ0v) is 32.3. The summed E-state index contributed by atoms with van der Waals surface area (Å²) in [7, 11) is -3.90. The highest BCUT2D eigenvalue weighted by Crippen LogP contribution is 2.46. The number of amides is 5. The van der Waals surface area contributed by atoms with Gasteiger partial charge in [-0.25, -0.2) is 13.2 Å². The van der Waals surface area contributed by atoms with Crippen LogP contribution in [-0.4, -0.2) is 120 Å². The Bertz CT molecular complexity index is 2050. The molecule has 17 heteroatoms. The largest absolute Gasteiger partial charge is 0.472 e. The number of nitrogens with one attached hydrogen (secondary N) is 3. The lowest BCUT2D eigenvalue weighted by molar-refractivity contribution is -0.142. The molecule has 8 rings (SSSR count). The molecule has 6 bridgehead atoms. The molecular weight excluding hydrogens is 743 g/mol. The average molecular weight is 792 g/mol. The Balaban J connectivity index is 1.15. The van der Waals surface area contributed by atoms with Crippen molar-refractivity contribution in [2.45, 2.75) is 99.8 Å². The van der Waals surface area contributed by atoms with E-state index in [1.165, 1.54) is 11.0 Å². The van der Waals surface area contributed by atoms with E-state index in [2.05, 4.69) is 31.9 Å². The van der Waals surface area contributed by atoms with E-state index in [9.17, 15) is 27.6 Å². The summed E-state index contributed by atoms with van der Waals surface area (Å²) >= 11 is 0. The van der Waals surface area contributed by atoms with Crippen LogP contribution >= 0.6 is 0 Å². The van der Waals surface area contributed by atoms with Crippen molar-refractivity contribution in [1.82, 2.24) is 35.1 Å². The first-order valence-electron chi connectivity index (χ1n) is 19.7. The van der Waals surface area contributed by atoms with E-state index in [0.717, 1.165) is 31.2 Å². The molecular formula is C39H49N7O9S. The second-order valence-corrected chi connectivity index (χ2v) is 17.7. The van der Waals surface area contributed by atoms with E-state index in [1.807, 2.05) is 37.3 Å². The predicted octanol–water partition coefficient (Wildman–Crippen LogP) is 2.43. The van der Waals surface area contributed by atoms with Gasteiger partial charge in [-0.3, -0.25) is 19.1 Å². The number of fused-ring (bicyclic) bond motifs is 5. The summed E-state index contributed by atoms with van der Waals surface area (Å²) in [5.41, 5.74) is -0.129. The van der Waals surface area contributed by atoms with Gasteiger partial charge in [0.1, 0.15) is 23.7 Å². The number of hydrogen-bond donors (Lipinski definition) is 3. The quantitative estimate of drug-likeness (QED) is 0.316. The van der Waals surface area contributed by atoms with Crippen molar-refractivity contribution in [1.29, 1.82) is 0 Å². The maximum Gasteiger partial charge on any atom is 0.320 e. The highest BCUT2D eigenvalue weighted by Gasteiger charge is 2.62. The highest BCUT2D eigenvalue weighted by molar-refractivity contribution is 7.91. The van der Waals surface area contributed by atoms with Crippen LogP contribution in [0.15, 0.2) is 36.9 Å². The summed E-state index contributed by atoms with van der Waals surface area (Å²) in [6.45, 7) is 7.11. The molecule has 6 aliphatic rings. The van der Waals surface area contributed by atoms with E-state index in [-0.39, 0.29) is 49.3 Å². The number of hydrogen-bond acceptors (Lipinski definition) is 11. The Morgan fingerprint density at radius 1 is 1.11 bits per heavy atom. The van der Waals surface area contributed by atoms with Gasteiger partial charge in [-0.15, -0.1) is 6.58 Å². The third-order valence-corrected chi connectivity index (χ3v) is 13.7. The summed E-state index contributed by atoms with van der Waals surface area (Å²) in [5.74, 6) is -2.36. The summed E-state index contributed by atoms with van der Waals surface area (Å²) in [5, 5.41) is 5.85. The number of benzene rings is 1. The minimum absolute atomic E-state index is 0.0230. The third-order valence-electron chi connectivity index (χ3n) is 11.9. The molecule has 16 nitrogen and oxygen atoms in total. The molecule has 6 atom stereocenters. The Labute approximate surface area is 325 Å². The lowest BCUT2D eigenvalue weighted by Gasteiger charge is -2.33. The lowest BCUT2D eigenvalue weighted by atomic mass is 9.96. The molecule has 300 valence electrons. The molecule has 3 N–H and O–H groups in total. The van der Waals surface area contributed by atoms with Crippen LogP contribution in [0.2, 0.25) is 0 Å². The first-order valence-corrected chi connectivity index (χ1v) is 21.3. The first kappa shape index (κ1) is 38.1. The lowest BCUT2D eigenvalue weighted by Crippen LogP contribution is -2.59. The minimum atomic E-state index is -3.90. The maximum atomic E-state index is 14.9. The summed E-state index contributed by atoms with van der Waals surface area (Å²) in [6.07, 6.45) is 9.46. The van der Waals surface area contributed by atoms with Crippen LogP contribution < -0.4 is 24.8 Å². The fourth-order valence-corrected chi connectivity index (χ4v) is 9.90. The van der Waals surface area contributed by atoms with Gasteiger partial charge in [0.2, 0.25) is 27.7 Å². The van der Waals surface area contributed by atoms with Crippen LogP contribution in [0.3, 0.4) is 0 Å². The normalized spacial score (nSPS) is 29.6. The average Bonchev–Trinajstić information content (AvgIpc) is 3.95. The number of sulfonamides is 1. The molecule has 1 aromatic carbocycles. The van der Waals surface area contributed by atoms with Crippen LogP contribution in [0.25, 0.3) is 17.0 Å². The van der Waals surface area contributed by atoms with Crippen LogP contribution in [0, 0.1) is 11.8 Å². The van der Waals surface area contributed by atoms with E-state index >= 15 is 0 Å². The van der Waals surface area contributed by atoms with E-state index in [4.69, 9.17) is 14.2 Å². The number of ether oxygens (including phenoxy) is 3. The maximum absolute atomic E-state index is 14.9. The fourth-order valence-electron chi connectivity index (χ4n) is 8.54. The van der Waals surface area contributed by atoms with Gasteiger partial charge in [-0.2, -0.15) is 9.97 Å². The first-order chi connectivity index (χ1) is 27.0. The van der Waals surface area contributed by atoms with Gasteiger partial charge in [0.25, 0.3) is 5.91 Å². The highest BCUT2D eigenvalue weighted by atomic mass is 32.2. The monoisotopic (exact) mass is 791 g/mol. The number of rotatable bonds is 9. The van der Waals surface area contributed by atoms with Crippen LogP contribution in [0.5, 0.6) is 11.9 Å². The molecule has 56 heavy (non-hydrogen) atoms. The standard InChI is InChI=1S/C39H49N7O9S/c1-3-25-20-39(25,36(49)44-56(51,52)28-12-13-28)43-33(47)31-19-27-22-46(31)35(48)32(24-9-5-6-10-24)41-38(50)45-16-15-26(21-45)54-17-7-8-23-11-14-30-29(18-23)34(55-27)42-37(40-30)53-4-2/h3,7-8,11,14,18,24-28,31-32H,1,4-6,9-10,12-13,15-17,19-22H2,2H3,(H,41,50)(H,43,47)(H,44,49)/t25-,26+,27-,31+,32+,39-/m1/s1. The molecule has 0 unspecified atom stereocenters. The molecule has 3 aliphatic carbocycles. The third kappa shape index (κ3) is 7.66. The minimum Gasteiger partial charge on any atom is -0.472 e. The predicted molar refractivity (Wildman–Crippen MR) is 204 cm³/mol. The number of aromatic nitrogens is 2. The Morgan fingerprint density at radius 3 is 2.64 bits per heavy atom. The number of nitrogens with zero attached hydrogens (tertiary/aromatic N) is 4. The van der Waals surface area contributed by atoms with Crippen LogP contribution in [0.1, 0.15) is 70.3 Å². The smallest absolute Gasteiger partial charge is 0.320 e. The summed E-state index contributed by atoms with van der Waals surface area (Å²) < 4.78 is 46.1. The number of carbonyl (C=O) groups excluding carboxylic acids is 4. The molecule has 5 amide bonds. The van der Waals surface area contributed by atoms with Crippen molar-refractivity contribution in [2.24, 2.45) is 11.8 Å². The molecule has 1 aromatic heterocycles. The zero-order chi connectivity index (χ0) is 39.2. The molecule has 0 spiro atoms. The number of carbonyl (C=O) groups is 4. The van der Waals surface area contributed by atoms with E-state index in [1.54, 1.807) is 4.90 Å². The molecule has 0 radical (unpaired) electrons. The van der Waals surface area contributed by atoms with Crippen molar-refractivity contribution in [3.8, 4) is 11.9 Å². The Morgan fingerprint density at radius 2 is 1.91 bits per heavy atom. The Kier molecular flexibility index (Phi) is 10.4. The summed E-state index contributed by atoms with van der Waals surface area (Å²) in [6, 6.07) is 3.34. The molecule has 5 fully saturated rings. The van der Waals surface area contributed by atoms with Gasteiger partial charge >= 0.3 is 12.0 Å². The van der Waals surface area contributed by atoms with Crippen molar-refractivity contribution >= 4 is 50.8 Å². The molecule has 2 aromatic rings. The molecule has 3 saturated carbocycles. The molecule has 4 heterocycles. The second-order valence-electron chi connectivity index (χ2n) is 15.7. The zero-order valence-electron chi connectivity index (χ0n) is 31.5. The van der Waals surface area contributed by atoms with Gasteiger partial charge in [-0.05, 0) is 69.1 Å². The second kappa shape index (κ2) is 15.3. The van der Waals surface area contributed by atoms with E-state index in [0.29, 0.717) is 56.5 Å². The van der Waals surface area contributed by atoms with Crippen molar-refractivity contribution in [2.75, 3.05) is 32.8 Å². The van der Waals surface area contributed by atoms with Crippen LogP contribution in [-0.2, 0) is 29.1 Å². The fraction of sp³-hybridized carbons (Fsp3) is 0.590.